The SMILES string of the molecule is CCOC(=O)CN(CC)C(=O)c1cc(Cl)ccc1N. The van der Waals surface area contributed by atoms with E-state index >= 15 is 0 Å². The van der Waals surface area contributed by atoms with Crippen LogP contribution in [0.2, 0.25) is 5.02 Å². The fraction of sp³-hybridized carbons (Fsp3) is 0.385. The number of nitrogens with zero attached hydrogens (tertiary/aromatic N) is 1. The molecule has 0 fully saturated rings. The predicted molar refractivity (Wildman–Crippen MR) is 74.1 cm³/mol. The van der Waals surface area contributed by atoms with E-state index in [1.165, 1.54) is 11.0 Å². The Bertz CT molecular complexity index is 477. The molecule has 104 valence electrons. The second kappa shape index (κ2) is 6.99. The van der Waals surface area contributed by atoms with Gasteiger partial charge in [-0.1, -0.05) is 11.6 Å². The maximum Gasteiger partial charge on any atom is 0.325 e. The maximum atomic E-state index is 12.3. The largest absolute Gasteiger partial charge is 0.465 e. The molecule has 6 heteroatoms. The molecule has 0 radical (unpaired) electrons. The second-order valence-electron chi connectivity index (χ2n) is 3.86. The third-order valence-electron chi connectivity index (χ3n) is 2.54. The van der Waals surface area contributed by atoms with E-state index < -0.39 is 5.97 Å². The van der Waals surface area contributed by atoms with Crippen LogP contribution in [0, 0.1) is 0 Å². The van der Waals surface area contributed by atoms with Gasteiger partial charge in [0, 0.05) is 17.3 Å². The van der Waals surface area contributed by atoms with Crippen molar-refractivity contribution in [1.82, 2.24) is 4.90 Å². The van der Waals surface area contributed by atoms with Gasteiger partial charge in [0.2, 0.25) is 0 Å². The predicted octanol–water partition coefficient (Wildman–Crippen LogP) is 1.95. The Morgan fingerprint density at radius 2 is 2.05 bits per heavy atom. The van der Waals surface area contributed by atoms with Crippen molar-refractivity contribution in [2.75, 3.05) is 25.4 Å². The van der Waals surface area contributed by atoms with Gasteiger partial charge in [0.15, 0.2) is 0 Å². The zero-order valence-electron chi connectivity index (χ0n) is 11.0. The van der Waals surface area contributed by atoms with Gasteiger partial charge in [0.1, 0.15) is 6.54 Å². The van der Waals surface area contributed by atoms with Gasteiger partial charge in [0.25, 0.3) is 5.91 Å². The number of rotatable bonds is 5. The number of likely N-dealkylation sites (N-methyl/N-ethyl adjacent to an activating group) is 1. The van der Waals surface area contributed by atoms with Crippen molar-refractivity contribution >= 4 is 29.2 Å². The Morgan fingerprint density at radius 3 is 2.63 bits per heavy atom. The normalized spacial score (nSPS) is 10.1. The summed E-state index contributed by atoms with van der Waals surface area (Å²) >= 11 is 5.85. The van der Waals surface area contributed by atoms with Gasteiger partial charge in [-0.2, -0.15) is 0 Å². The fourth-order valence-electron chi connectivity index (χ4n) is 1.57. The van der Waals surface area contributed by atoms with Crippen LogP contribution < -0.4 is 5.73 Å². The maximum absolute atomic E-state index is 12.3. The average Bonchev–Trinajstić information content (AvgIpc) is 2.38. The van der Waals surface area contributed by atoms with Gasteiger partial charge < -0.3 is 15.4 Å². The Labute approximate surface area is 117 Å². The van der Waals surface area contributed by atoms with Crippen molar-refractivity contribution in [3.05, 3.63) is 28.8 Å². The molecule has 0 saturated carbocycles. The molecule has 1 aromatic carbocycles. The number of carbonyl (C=O) groups is 2. The molecule has 2 N–H and O–H groups in total. The van der Waals surface area contributed by atoms with Crippen LogP contribution in [0.15, 0.2) is 18.2 Å². The Hall–Kier alpha value is -1.75. The second-order valence-corrected chi connectivity index (χ2v) is 4.29. The molecule has 19 heavy (non-hydrogen) atoms. The highest BCUT2D eigenvalue weighted by Crippen LogP contribution is 2.19. The number of carbonyl (C=O) groups excluding carboxylic acids is 2. The molecule has 1 aromatic rings. The standard InChI is InChI=1S/C13H17ClN2O3/c1-3-16(8-12(17)19-4-2)13(18)10-7-9(14)5-6-11(10)15/h5-7H,3-4,8,15H2,1-2H3. The summed E-state index contributed by atoms with van der Waals surface area (Å²) in [4.78, 5) is 25.1. The fourth-order valence-corrected chi connectivity index (χ4v) is 1.75. The molecule has 0 atom stereocenters. The van der Waals surface area contributed by atoms with Crippen molar-refractivity contribution in [3.63, 3.8) is 0 Å². The van der Waals surface area contributed by atoms with E-state index in [-0.39, 0.29) is 19.1 Å². The zero-order chi connectivity index (χ0) is 14.4. The first-order valence-corrected chi connectivity index (χ1v) is 6.37. The molecule has 0 unspecified atom stereocenters. The van der Waals surface area contributed by atoms with E-state index in [4.69, 9.17) is 22.1 Å². The van der Waals surface area contributed by atoms with Gasteiger partial charge in [-0.25, -0.2) is 0 Å². The number of benzene rings is 1. The van der Waals surface area contributed by atoms with Crippen molar-refractivity contribution in [2.45, 2.75) is 13.8 Å². The molecular formula is C13H17ClN2O3. The van der Waals surface area contributed by atoms with Gasteiger partial charge >= 0.3 is 5.97 Å². The summed E-state index contributed by atoms with van der Waals surface area (Å²) in [6.07, 6.45) is 0. The number of hydrogen-bond acceptors (Lipinski definition) is 4. The minimum absolute atomic E-state index is 0.102. The van der Waals surface area contributed by atoms with Crippen LogP contribution in [0.4, 0.5) is 5.69 Å². The lowest BCUT2D eigenvalue weighted by Gasteiger charge is -2.20. The molecule has 0 bridgehead atoms. The molecule has 5 nitrogen and oxygen atoms in total. The molecule has 1 rings (SSSR count). The summed E-state index contributed by atoms with van der Waals surface area (Å²) in [5, 5.41) is 0.421. The summed E-state index contributed by atoms with van der Waals surface area (Å²) in [6.45, 7) is 4.05. The first-order valence-electron chi connectivity index (χ1n) is 5.99. The third-order valence-corrected chi connectivity index (χ3v) is 2.78. The van der Waals surface area contributed by atoms with Gasteiger partial charge in [0.05, 0.1) is 12.2 Å². The summed E-state index contributed by atoms with van der Waals surface area (Å²) in [5.41, 5.74) is 6.37. The summed E-state index contributed by atoms with van der Waals surface area (Å²) < 4.78 is 4.82. The molecule has 1 amide bonds. The number of nitrogen functional groups attached to an aromatic ring is 1. The van der Waals surface area contributed by atoms with E-state index in [0.717, 1.165) is 0 Å². The summed E-state index contributed by atoms with van der Waals surface area (Å²) in [7, 11) is 0. The lowest BCUT2D eigenvalue weighted by Crippen LogP contribution is -2.36. The van der Waals surface area contributed by atoms with Crippen LogP contribution in [0.5, 0.6) is 0 Å². The first-order chi connectivity index (χ1) is 8.99. The smallest absolute Gasteiger partial charge is 0.325 e. The Morgan fingerprint density at radius 1 is 1.37 bits per heavy atom. The third kappa shape index (κ3) is 4.13. The lowest BCUT2D eigenvalue weighted by molar-refractivity contribution is -0.143. The quantitative estimate of drug-likeness (QED) is 0.662. The number of amides is 1. The number of esters is 1. The van der Waals surface area contributed by atoms with E-state index in [1.807, 2.05) is 0 Å². The van der Waals surface area contributed by atoms with Crippen molar-refractivity contribution in [1.29, 1.82) is 0 Å². The zero-order valence-corrected chi connectivity index (χ0v) is 11.7. The van der Waals surface area contributed by atoms with Crippen LogP contribution in [0.3, 0.4) is 0 Å². The van der Waals surface area contributed by atoms with E-state index in [9.17, 15) is 9.59 Å². The van der Waals surface area contributed by atoms with Crippen molar-refractivity contribution in [3.8, 4) is 0 Å². The van der Waals surface area contributed by atoms with Crippen LogP contribution in [-0.2, 0) is 9.53 Å². The van der Waals surface area contributed by atoms with Crippen LogP contribution in [0.1, 0.15) is 24.2 Å². The molecular weight excluding hydrogens is 268 g/mol. The molecule has 0 spiro atoms. The summed E-state index contributed by atoms with van der Waals surface area (Å²) in [6, 6.07) is 4.66. The topological polar surface area (TPSA) is 72.6 Å². The number of hydrogen-bond donors (Lipinski definition) is 1. The lowest BCUT2D eigenvalue weighted by atomic mass is 10.1. The minimum Gasteiger partial charge on any atom is -0.465 e. The Kier molecular flexibility index (Phi) is 5.63. The van der Waals surface area contributed by atoms with E-state index in [0.29, 0.717) is 22.8 Å². The molecule has 0 heterocycles. The number of nitrogens with two attached hydrogens (primary N) is 1. The van der Waals surface area contributed by atoms with Crippen LogP contribution in [0.25, 0.3) is 0 Å². The average molecular weight is 285 g/mol. The van der Waals surface area contributed by atoms with Crippen LogP contribution in [-0.4, -0.2) is 36.5 Å². The molecule has 0 aliphatic heterocycles. The Balaban J connectivity index is 2.89. The van der Waals surface area contributed by atoms with Crippen molar-refractivity contribution < 1.29 is 14.3 Å². The highest BCUT2D eigenvalue weighted by molar-refractivity contribution is 6.31. The number of ether oxygens (including phenoxy) is 1. The molecule has 0 aliphatic rings. The highest BCUT2D eigenvalue weighted by Gasteiger charge is 2.20. The van der Waals surface area contributed by atoms with Crippen molar-refractivity contribution in [2.24, 2.45) is 0 Å². The van der Waals surface area contributed by atoms with E-state index in [1.54, 1.807) is 26.0 Å². The molecule has 0 aliphatic carbocycles. The number of anilines is 1. The first kappa shape index (κ1) is 15.3. The molecule has 0 aromatic heterocycles. The van der Waals surface area contributed by atoms with Gasteiger partial charge in [-0.3, -0.25) is 9.59 Å². The van der Waals surface area contributed by atoms with Gasteiger partial charge in [-0.15, -0.1) is 0 Å². The monoisotopic (exact) mass is 284 g/mol. The van der Waals surface area contributed by atoms with Crippen LogP contribution >= 0.6 is 11.6 Å². The number of halogens is 1. The highest BCUT2D eigenvalue weighted by atomic mass is 35.5. The van der Waals surface area contributed by atoms with Gasteiger partial charge in [-0.05, 0) is 32.0 Å². The summed E-state index contributed by atoms with van der Waals surface area (Å²) in [5.74, 6) is -0.783. The van der Waals surface area contributed by atoms with E-state index in [2.05, 4.69) is 0 Å². The minimum atomic E-state index is -0.446. The molecule has 0 saturated heterocycles.